The van der Waals surface area contributed by atoms with Crippen molar-refractivity contribution in [3.63, 3.8) is 0 Å². The largest absolute Gasteiger partial charge is 0.432 e. The number of fused-ring (bicyclic) bond motifs is 3. The van der Waals surface area contributed by atoms with Gasteiger partial charge in [0.25, 0.3) is 11.1 Å². The van der Waals surface area contributed by atoms with E-state index in [2.05, 4.69) is 41.0 Å². The van der Waals surface area contributed by atoms with Crippen molar-refractivity contribution >= 4 is 40.0 Å². The summed E-state index contributed by atoms with van der Waals surface area (Å²) in [6.07, 6.45) is 6.79. The summed E-state index contributed by atoms with van der Waals surface area (Å²) in [5.74, 6) is 0.444. The second-order valence-corrected chi connectivity index (χ2v) is 10.8. The van der Waals surface area contributed by atoms with Gasteiger partial charge in [0.15, 0.2) is 0 Å². The van der Waals surface area contributed by atoms with Crippen LogP contribution in [0.1, 0.15) is 50.4 Å². The van der Waals surface area contributed by atoms with E-state index in [1.807, 2.05) is 18.2 Å². The number of carbonyl (C=O) groups excluding carboxylic acids is 1. The van der Waals surface area contributed by atoms with Gasteiger partial charge in [0, 0.05) is 36.2 Å². The number of nitrogens with zero attached hydrogens (tertiary/aromatic N) is 3. The Kier molecular flexibility index (Phi) is 5.32. The fraction of sp³-hybridized carbons (Fsp3) is 0.385. The van der Waals surface area contributed by atoms with Gasteiger partial charge < -0.3 is 15.0 Å². The predicted molar refractivity (Wildman–Crippen MR) is 133 cm³/mol. The minimum atomic E-state index is -0.198. The molecule has 1 saturated heterocycles. The van der Waals surface area contributed by atoms with Crippen LogP contribution in [0, 0.1) is 10.8 Å². The Hall–Kier alpha value is -3.06. The SMILES string of the molecule is CC1(C)C[C@H]2C[C@@](C)(CN2C(=S)Oc2ccc(C(=O)Nc3ccc4nccnc4c3)cc2)C1. The van der Waals surface area contributed by atoms with Crippen molar-refractivity contribution in [2.24, 2.45) is 10.8 Å². The lowest BCUT2D eigenvalue weighted by molar-refractivity contribution is 0.102. The van der Waals surface area contributed by atoms with Crippen molar-refractivity contribution in [1.29, 1.82) is 0 Å². The number of hydrogen-bond donors (Lipinski definition) is 1. The summed E-state index contributed by atoms with van der Waals surface area (Å²) >= 11 is 5.67. The average molecular weight is 461 g/mol. The third-order valence-corrected chi connectivity index (χ3v) is 7.02. The first-order valence-electron chi connectivity index (χ1n) is 11.3. The number of carbonyl (C=O) groups is 1. The molecule has 2 atom stereocenters. The van der Waals surface area contributed by atoms with Crippen LogP contribution in [0.25, 0.3) is 11.0 Å². The number of thiocarbonyl (C=S) groups is 1. The van der Waals surface area contributed by atoms with E-state index < -0.39 is 0 Å². The van der Waals surface area contributed by atoms with Gasteiger partial charge in [-0.3, -0.25) is 14.8 Å². The maximum absolute atomic E-state index is 12.7. The smallest absolute Gasteiger partial charge is 0.265 e. The van der Waals surface area contributed by atoms with Crippen LogP contribution in [0.4, 0.5) is 5.69 Å². The molecule has 2 heterocycles. The normalized spacial score (nSPS) is 23.4. The third-order valence-electron chi connectivity index (χ3n) is 6.70. The molecule has 2 aliphatic rings. The maximum atomic E-state index is 12.7. The molecular weight excluding hydrogens is 432 g/mol. The molecule has 2 bridgehead atoms. The predicted octanol–water partition coefficient (Wildman–Crippen LogP) is 5.45. The Labute approximate surface area is 199 Å². The molecule has 2 fully saturated rings. The topological polar surface area (TPSA) is 67.3 Å². The molecule has 6 nitrogen and oxygen atoms in total. The lowest BCUT2D eigenvalue weighted by atomic mass is 9.65. The quantitative estimate of drug-likeness (QED) is 0.525. The summed E-state index contributed by atoms with van der Waals surface area (Å²) < 4.78 is 6.03. The standard InChI is InChI=1S/C26H28N4O2S/c1-25(2)13-19-14-26(3,15-25)16-30(19)24(33)32-20-7-4-17(5-8-20)23(31)29-18-6-9-21-22(12-18)28-11-10-27-21/h4-12,19H,13-16H2,1-3H3,(H,29,31)/t19-,26+/m0/s1. The van der Waals surface area contributed by atoms with E-state index in [9.17, 15) is 4.79 Å². The van der Waals surface area contributed by atoms with E-state index in [0.717, 1.165) is 24.0 Å². The van der Waals surface area contributed by atoms with E-state index in [1.165, 1.54) is 12.8 Å². The first kappa shape index (κ1) is 21.8. The molecule has 1 aliphatic carbocycles. The van der Waals surface area contributed by atoms with Crippen molar-refractivity contribution < 1.29 is 9.53 Å². The first-order valence-corrected chi connectivity index (χ1v) is 11.7. The van der Waals surface area contributed by atoms with Crippen molar-refractivity contribution in [2.75, 3.05) is 11.9 Å². The summed E-state index contributed by atoms with van der Waals surface area (Å²) in [5, 5.41) is 3.43. The van der Waals surface area contributed by atoms with E-state index in [-0.39, 0.29) is 11.3 Å². The molecule has 33 heavy (non-hydrogen) atoms. The van der Waals surface area contributed by atoms with Crippen molar-refractivity contribution in [1.82, 2.24) is 14.9 Å². The zero-order valence-electron chi connectivity index (χ0n) is 19.2. The van der Waals surface area contributed by atoms with Gasteiger partial charge >= 0.3 is 0 Å². The van der Waals surface area contributed by atoms with E-state index in [0.29, 0.717) is 33.6 Å². The molecule has 1 aliphatic heterocycles. The molecule has 0 spiro atoms. The highest BCUT2D eigenvalue weighted by Crippen LogP contribution is 2.52. The number of amides is 1. The summed E-state index contributed by atoms with van der Waals surface area (Å²) in [5.41, 5.74) is 3.35. The van der Waals surface area contributed by atoms with Crippen LogP contribution in [-0.2, 0) is 0 Å². The van der Waals surface area contributed by atoms with Gasteiger partial charge in [-0.1, -0.05) is 20.8 Å². The van der Waals surface area contributed by atoms with Crippen LogP contribution in [-0.4, -0.2) is 38.5 Å². The number of anilines is 1. The van der Waals surface area contributed by atoms with Crippen LogP contribution < -0.4 is 10.1 Å². The highest BCUT2D eigenvalue weighted by molar-refractivity contribution is 7.80. The van der Waals surface area contributed by atoms with Crippen LogP contribution in [0.5, 0.6) is 5.75 Å². The Bertz CT molecular complexity index is 1230. The van der Waals surface area contributed by atoms with Crippen molar-refractivity contribution in [3.8, 4) is 5.75 Å². The molecule has 7 heteroatoms. The number of aromatic nitrogens is 2. The second kappa shape index (κ2) is 8.06. The van der Waals surface area contributed by atoms with Gasteiger partial charge in [-0.05, 0) is 84.8 Å². The summed E-state index contributed by atoms with van der Waals surface area (Å²) in [4.78, 5) is 23.5. The molecule has 1 N–H and O–H groups in total. The molecular formula is C26H28N4O2S. The molecule has 2 aromatic carbocycles. The molecule has 1 amide bonds. The molecule has 170 valence electrons. The Balaban J connectivity index is 1.23. The van der Waals surface area contributed by atoms with Gasteiger partial charge in [0.2, 0.25) is 0 Å². The molecule has 3 aromatic rings. The number of likely N-dealkylation sites (tertiary alicyclic amines) is 1. The summed E-state index contributed by atoms with van der Waals surface area (Å²) in [6, 6.07) is 13.0. The highest BCUT2D eigenvalue weighted by Gasteiger charge is 2.50. The zero-order chi connectivity index (χ0) is 23.2. The summed E-state index contributed by atoms with van der Waals surface area (Å²) in [6.45, 7) is 8.00. The maximum Gasteiger partial charge on any atom is 0.265 e. The lowest BCUT2D eigenvalue weighted by Gasteiger charge is -2.39. The molecule has 1 saturated carbocycles. The monoisotopic (exact) mass is 460 g/mol. The summed E-state index contributed by atoms with van der Waals surface area (Å²) in [7, 11) is 0. The average Bonchev–Trinajstić information content (AvgIpc) is 3.02. The molecule has 0 unspecified atom stereocenters. The molecule has 1 aromatic heterocycles. The minimum Gasteiger partial charge on any atom is -0.432 e. The van der Waals surface area contributed by atoms with Gasteiger partial charge in [0.05, 0.1) is 11.0 Å². The Morgan fingerprint density at radius 3 is 2.55 bits per heavy atom. The number of hydrogen-bond acceptors (Lipinski definition) is 5. The number of rotatable bonds is 3. The van der Waals surface area contributed by atoms with Crippen molar-refractivity contribution in [3.05, 3.63) is 60.4 Å². The van der Waals surface area contributed by atoms with E-state index in [4.69, 9.17) is 17.0 Å². The van der Waals surface area contributed by atoms with Gasteiger partial charge in [-0.15, -0.1) is 0 Å². The van der Waals surface area contributed by atoms with E-state index in [1.54, 1.807) is 36.7 Å². The van der Waals surface area contributed by atoms with Crippen LogP contribution in [0.15, 0.2) is 54.9 Å². The fourth-order valence-electron chi connectivity index (χ4n) is 5.75. The van der Waals surface area contributed by atoms with Gasteiger partial charge in [0.1, 0.15) is 5.75 Å². The third kappa shape index (κ3) is 4.55. The lowest BCUT2D eigenvalue weighted by Crippen LogP contribution is -2.39. The molecule has 5 rings (SSSR count). The van der Waals surface area contributed by atoms with Crippen molar-refractivity contribution in [2.45, 2.75) is 46.1 Å². The van der Waals surface area contributed by atoms with Gasteiger partial charge in [-0.2, -0.15) is 0 Å². The first-order chi connectivity index (χ1) is 15.7. The van der Waals surface area contributed by atoms with E-state index >= 15 is 0 Å². The number of benzene rings is 2. The van der Waals surface area contributed by atoms with Gasteiger partial charge in [-0.25, -0.2) is 0 Å². The van der Waals surface area contributed by atoms with Crippen LogP contribution in [0.3, 0.4) is 0 Å². The highest BCUT2D eigenvalue weighted by atomic mass is 32.1. The minimum absolute atomic E-state index is 0.198. The molecule has 0 radical (unpaired) electrons. The zero-order valence-corrected chi connectivity index (χ0v) is 20.0. The fourth-order valence-corrected chi connectivity index (χ4v) is 6.06. The van der Waals surface area contributed by atoms with Crippen LogP contribution >= 0.6 is 12.2 Å². The number of ether oxygens (including phenoxy) is 1. The Morgan fingerprint density at radius 2 is 1.79 bits per heavy atom. The number of nitrogens with one attached hydrogen (secondary N) is 1. The Morgan fingerprint density at radius 1 is 1.06 bits per heavy atom. The van der Waals surface area contributed by atoms with Crippen LogP contribution in [0.2, 0.25) is 0 Å². The second-order valence-electron chi connectivity index (χ2n) is 10.4.